The van der Waals surface area contributed by atoms with Crippen molar-refractivity contribution in [3.63, 3.8) is 0 Å². The molecule has 2 aliphatic heterocycles. The van der Waals surface area contributed by atoms with E-state index in [2.05, 4.69) is 30.3 Å². The molecule has 0 radical (unpaired) electrons. The van der Waals surface area contributed by atoms with Crippen molar-refractivity contribution < 1.29 is 9.53 Å². The molecule has 2 heterocycles. The quantitative estimate of drug-likeness (QED) is 0.655. The van der Waals surface area contributed by atoms with Crippen LogP contribution in [0.5, 0.6) is 5.75 Å². The standard InChI is InChI=1S/C23H21NO2/c25-22(19-9-5-7-17-6-1-2-8-18(17)19)24-14-12-23(13-15-24)16-26-21-11-4-3-10-20(21)23/h1-11H,12-16H2. The molecule has 0 aliphatic carbocycles. The molecule has 0 saturated carbocycles. The Balaban J connectivity index is 1.40. The first-order valence-corrected chi connectivity index (χ1v) is 9.26. The number of likely N-dealkylation sites (tertiary alicyclic amines) is 1. The summed E-state index contributed by atoms with van der Waals surface area (Å²) in [6.45, 7) is 2.29. The largest absolute Gasteiger partial charge is 0.492 e. The second-order valence-corrected chi connectivity index (χ2v) is 7.38. The minimum absolute atomic E-state index is 0.0755. The lowest BCUT2D eigenvalue weighted by molar-refractivity contribution is 0.0648. The Morgan fingerprint density at radius 3 is 2.50 bits per heavy atom. The summed E-state index contributed by atoms with van der Waals surface area (Å²) in [5.74, 6) is 1.16. The van der Waals surface area contributed by atoms with Crippen LogP contribution < -0.4 is 4.74 Å². The summed E-state index contributed by atoms with van der Waals surface area (Å²) >= 11 is 0. The minimum Gasteiger partial charge on any atom is -0.492 e. The number of carbonyl (C=O) groups excluding carboxylic acids is 1. The number of carbonyl (C=O) groups is 1. The number of benzene rings is 3. The van der Waals surface area contributed by atoms with Crippen molar-refractivity contribution in [2.45, 2.75) is 18.3 Å². The summed E-state index contributed by atoms with van der Waals surface area (Å²) in [5, 5.41) is 2.15. The van der Waals surface area contributed by atoms with Crippen LogP contribution in [0.3, 0.4) is 0 Å². The van der Waals surface area contributed by atoms with Gasteiger partial charge in [0.05, 0.1) is 6.61 Å². The molecule has 0 atom stereocenters. The summed E-state index contributed by atoms with van der Waals surface area (Å²) in [6, 6.07) is 22.4. The Labute approximate surface area is 153 Å². The van der Waals surface area contributed by atoms with Gasteiger partial charge in [0, 0.05) is 29.6 Å². The van der Waals surface area contributed by atoms with Gasteiger partial charge in [0.2, 0.25) is 0 Å². The molecule has 3 aromatic carbocycles. The number of nitrogens with zero attached hydrogens (tertiary/aromatic N) is 1. The third-order valence-electron chi connectivity index (χ3n) is 5.99. The van der Waals surface area contributed by atoms with Gasteiger partial charge in [-0.1, -0.05) is 54.6 Å². The molecule has 0 bridgehead atoms. The van der Waals surface area contributed by atoms with E-state index in [1.807, 2.05) is 41.3 Å². The molecule has 0 aromatic heterocycles. The van der Waals surface area contributed by atoms with Crippen LogP contribution in [0, 0.1) is 0 Å². The van der Waals surface area contributed by atoms with Gasteiger partial charge in [-0.25, -0.2) is 0 Å². The molecule has 0 N–H and O–H groups in total. The predicted octanol–water partition coefficient (Wildman–Crippen LogP) is 4.41. The van der Waals surface area contributed by atoms with E-state index in [-0.39, 0.29) is 11.3 Å². The van der Waals surface area contributed by atoms with Crippen molar-refractivity contribution in [3.05, 3.63) is 77.9 Å². The molecule has 0 unspecified atom stereocenters. The van der Waals surface area contributed by atoms with Crippen LogP contribution in [0.15, 0.2) is 66.7 Å². The lowest BCUT2D eigenvalue weighted by atomic mass is 9.74. The van der Waals surface area contributed by atoms with Gasteiger partial charge >= 0.3 is 0 Å². The van der Waals surface area contributed by atoms with Gasteiger partial charge in [0.25, 0.3) is 5.91 Å². The van der Waals surface area contributed by atoms with Crippen LogP contribution in [0.1, 0.15) is 28.8 Å². The molecule has 3 aromatic rings. The van der Waals surface area contributed by atoms with E-state index in [1.54, 1.807) is 0 Å². The third-order valence-corrected chi connectivity index (χ3v) is 5.99. The number of para-hydroxylation sites is 1. The zero-order chi connectivity index (χ0) is 17.6. The van der Waals surface area contributed by atoms with Gasteiger partial charge in [-0.2, -0.15) is 0 Å². The number of piperidine rings is 1. The van der Waals surface area contributed by atoms with Crippen LogP contribution in [0.25, 0.3) is 10.8 Å². The summed E-state index contributed by atoms with van der Waals surface area (Å²) in [6.07, 6.45) is 1.92. The Bertz CT molecular complexity index is 981. The maximum Gasteiger partial charge on any atom is 0.254 e. The summed E-state index contributed by atoms with van der Waals surface area (Å²) < 4.78 is 5.93. The van der Waals surface area contributed by atoms with Crippen molar-refractivity contribution in [2.75, 3.05) is 19.7 Å². The molecule has 3 heteroatoms. The van der Waals surface area contributed by atoms with Gasteiger partial charge in [-0.3, -0.25) is 4.79 Å². The first-order valence-electron chi connectivity index (χ1n) is 9.26. The molecule has 5 rings (SSSR count). The van der Waals surface area contributed by atoms with Crippen molar-refractivity contribution in [2.24, 2.45) is 0 Å². The van der Waals surface area contributed by atoms with Crippen LogP contribution >= 0.6 is 0 Å². The highest BCUT2D eigenvalue weighted by atomic mass is 16.5. The van der Waals surface area contributed by atoms with E-state index in [9.17, 15) is 4.79 Å². The van der Waals surface area contributed by atoms with Crippen LogP contribution in [0.2, 0.25) is 0 Å². The van der Waals surface area contributed by atoms with Crippen LogP contribution in [0.4, 0.5) is 0 Å². The summed E-state index contributed by atoms with van der Waals surface area (Å²) in [7, 11) is 0. The van der Waals surface area contributed by atoms with Crippen molar-refractivity contribution >= 4 is 16.7 Å². The van der Waals surface area contributed by atoms with E-state index in [1.165, 1.54) is 5.56 Å². The molecular formula is C23H21NO2. The zero-order valence-corrected chi connectivity index (χ0v) is 14.7. The Kier molecular flexibility index (Phi) is 3.49. The smallest absolute Gasteiger partial charge is 0.254 e. The van der Waals surface area contributed by atoms with Crippen LogP contribution in [-0.2, 0) is 5.41 Å². The average Bonchev–Trinajstić information content (AvgIpc) is 3.06. The number of rotatable bonds is 1. The first kappa shape index (κ1) is 15.4. The SMILES string of the molecule is O=C(c1cccc2ccccc12)N1CCC2(CC1)COc1ccccc12. The fourth-order valence-electron chi connectivity index (χ4n) is 4.46. The molecule has 3 nitrogen and oxygen atoms in total. The fraction of sp³-hybridized carbons (Fsp3) is 0.261. The predicted molar refractivity (Wildman–Crippen MR) is 103 cm³/mol. The summed E-state index contributed by atoms with van der Waals surface area (Å²) in [4.78, 5) is 15.2. The number of hydrogen-bond acceptors (Lipinski definition) is 2. The van der Waals surface area contributed by atoms with Gasteiger partial charge in [0.1, 0.15) is 5.75 Å². The van der Waals surface area contributed by atoms with E-state index < -0.39 is 0 Å². The maximum absolute atomic E-state index is 13.2. The van der Waals surface area contributed by atoms with E-state index in [0.717, 1.165) is 54.6 Å². The van der Waals surface area contributed by atoms with Crippen molar-refractivity contribution in [3.8, 4) is 5.75 Å². The van der Waals surface area contributed by atoms with Gasteiger partial charge in [0.15, 0.2) is 0 Å². The molecule has 2 aliphatic rings. The number of amides is 1. The van der Waals surface area contributed by atoms with Gasteiger partial charge < -0.3 is 9.64 Å². The third kappa shape index (κ3) is 2.31. The average molecular weight is 343 g/mol. The maximum atomic E-state index is 13.2. The normalized spacial score (nSPS) is 17.9. The summed E-state index contributed by atoms with van der Waals surface area (Å²) in [5.41, 5.74) is 2.20. The second kappa shape index (κ2) is 5.87. The molecule has 1 amide bonds. The minimum atomic E-state index is 0.0755. The topological polar surface area (TPSA) is 29.5 Å². The Morgan fingerprint density at radius 1 is 0.885 bits per heavy atom. The van der Waals surface area contributed by atoms with E-state index in [0.29, 0.717) is 0 Å². The second-order valence-electron chi connectivity index (χ2n) is 7.38. The zero-order valence-electron chi connectivity index (χ0n) is 14.7. The molecule has 26 heavy (non-hydrogen) atoms. The monoisotopic (exact) mass is 343 g/mol. The molecule has 130 valence electrons. The number of fused-ring (bicyclic) bond motifs is 3. The van der Waals surface area contributed by atoms with Gasteiger partial charge in [-0.05, 0) is 35.7 Å². The van der Waals surface area contributed by atoms with E-state index in [4.69, 9.17) is 4.74 Å². The lowest BCUT2D eigenvalue weighted by Gasteiger charge is -2.38. The number of ether oxygens (including phenoxy) is 1. The first-order chi connectivity index (χ1) is 12.8. The Hall–Kier alpha value is -2.81. The van der Waals surface area contributed by atoms with Gasteiger partial charge in [-0.15, -0.1) is 0 Å². The highest BCUT2D eigenvalue weighted by Gasteiger charge is 2.43. The molecule has 1 saturated heterocycles. The highest BCUT2D eigenvalue weighted by Crippen LogP contribution is 2.45. The molecule has 1 fully saturated rings. The van der Waals surface area contributed by atoms with Crippen LogP contribution in [-0.4, -0.2) is 30.5 Å². The highest BCUT2D eigenvalue weighted by molar-refractivity contribution is 6.07. The number of hydrogen-bond donors (Lipinski definition) is 0. The fourth-order valence-corrected chi connectivity index (χ4v) is 4.46. The van der Waals surface area contributed by atoms with E-state index >= 15 is 0 Å². The lowest BCUT2D eigenvalue weighted by Crippen LogP contribution is -2.46. The Morgan fingerprint density at radius 2 is 1.62 bits per heavy atom. The molecular weight excluding hydrogens is 322 g/mol. The van der Waals surface area contributed by atoms with Crippen molar-refractivity contribution in [1.29, 1.82) is 0 Å². The molecule has 1 spiro atoms. The van der Waals surface area contributed by atoms with Crippen molar-refractivity contribution in [1.82, 2.24) is 4.90 Å².